The van der Waals surface area contributed by atoms with E-state index in [-0.39, 0.29) is 24.0 Å². The highest BCUT2D eigenvalue weighted by molar-refractivity contribution is 5.95. The van der Waals surface area contributed by atoms with Crippen LogP contribution in [0.25, 0.3) is 0 Å². The van der Waals surface area contributed by atoms with E-state index in [0.29, 0.717) is 25.9 Å². The van der Waals surface area contributed by atoms with Gasteiger partial charge >= 0.3 is 5.97 Å². The zero-order valence-corrected chi connectivity index (χ0v) is 14.4. The largest absolute Gasteiger partial charge is 0.481 e. The second kappa shape index (κ2) is 9.86. The van der Waals surface area contributed by atoms with E-state index in [1.807, 2.05) is 0 Å². The molecule has 7 nitrogen and oxygen atoms in total. The van der Waals surface area contributed by atoms with Crippen molar-refractivity contribution in [1.82, 2.24) is 10.2 Å². The van der Waals surface area contributed by atoms with E-state index in [1.165, 1.54) is 6.26 Å². The van der Waals surface area contributed by atoms with Crippen LogP contribution >= 0.6 is 0 Å². The Kier molecular flexibility index (Phi) is 7.50. The van der Waals surface area contributed by atoms with Crippen LogP contribution in [0.15, 0.2) is 22.8 Å². The molecule has 1 saturated heterocycles. The summed E-state index contributed by atoms with van der Waals surface area (Å²) >= 11 is 0. The molecule has 1 aromatic rings. The molecule has 2 rings (SSSR count). The molecule has 2 amide bonds. The van der Waals surface area contributed by atoms with Crippen LogP contribution in [0.1, 0.15) is 61.9 Å². The number of carbonyl (C=O) groups excluding carboxylic acids is 2. The summed E-state index contributed by atoms with van der Waals surface area (Å²) < 4.78 is 5.16. The maximum atomic E-state index is 12.5. The summed E-state index contributed by atoms with van der Waals surface area (Å²) in [5, 5.41) is 11.5. The van der Waals surface area contributed by atoms with Gasteiger partial charge in [0, 0.05) is 19.5 Å². The average molecular weight is 350 g/mol. The quantitative estimate of drug-likeness (QED) is 0.666. The Bertz CT molecular complexity index is 570. The van der Waals surface area contributed by atoms with E-state index in [1.54, 1.807) is 17.0 Å². The van der Waals surface area contributed by atoms with Crippen molar-refractivity contribution in [3.63, 3.8) is 0 Å². The molecular weight excluding hydrogens is 324 g/mol. The number of amides is 2. The van der Waals surface area contributed by atoms with E-state index < -0.39 is 12.0 Å². The number of piperidine rings is 1. The number of likely N-dealkylation sites (tertiary alicyclic amines) is 1. The topological polar surface area (TPSA) is 99.9 Å². The van der Waals surface area contributed by atoms with Gasteiger partial charge in [-0.3, -0.25) is 14.4 Å². The van der Waals surface area contributed by atoms with Crippen molar-refractivity contribution in [1.29, 1.82) is 0 Å². The van der Waals surface area contributed by atoms with Gasteiger partial charge in [0.15, 0.2) is 5.76 Å². The van der Waals surface area contributed by atoms with Gasteiger partial charge in [-0.1, -0.05) is 12.8 Å². The van der Waals surface area contributed by atoms with Crippen LogP contribution in [0.2, 0.25) is 0 Å². The minimum atomic E-state index is -0.771. The lowest BCUT2D eigenvalue weighted by molar-refractivity contribution is -0.137. The Morgan fingerprint density at radius 3 is 2.72 bits per heavy atom. The summed E-state index contributed by atoms with van der Waals surface area (Å²) in [7, 11) is 0. The number of furan rings is 1. The number of hydrogen-bond acceptors (Lipinski definition) is 4. The molecule has 138 valence electrons. The minimum absolute atomic E-state index is 0.120. The molecule has 0 spiro atoms. The van der Waals surface area contributed by atoms with Gasteiger partial charge in [-0.25, -0.2) is 0 Å². The summed E-state index contributed by atoms with van der Waals surface area (Å²) in [6.07, 6.45) is 7.32. The van der Waals surface area contributed by atoms with Gasteiger partial charge in [-0.2, -0.15) is 0 Å². The fourth-order valence-electron chi connectivity index (χ4n) is 3.07. The molecule has 1 atom stereocenters. The molecule has 1 fully saturated rings. The first-order chi connectivity index (χ1) is 12.1. The maximum Gasteiger partial charge on any atom is 0.303 e. The number of aliphatic carboxylic acids is 1. The highest BCUT2D eigenvalue weighted by Gasteiger charge is 2.33. The third kappa shape index (κ3) is 5.92. The van der Waals surface area contributed by atoms with E-state index in [4.69, 9.17) is 9.52 Å². The van der Waals surface area contributed by atoms with Gasteiger partial charge in [0.05, 0.1) is 6.26 Å². The molecule has 2 heterocycles. The number of carboxylic acid groups (broad SMARTS) is 1. The van der Waals surface area contributed by atoms with Crippen LogP contribution in [0.3, 0.4) is 0 Å². The fourth-order valence-corrected chi connectivity index (χ4v) is 3.07. The predicted octanol–water partition coefficient (Wildman–Crippen LogP) is 2.43. The van der Waals surface area contributed by atoms with Crippen molar-refractivity contribution in [2.45, 2.75) is 57.4 Å². The lowest BCUT2D eigenvalue weighted by Gasteiger charge is -2.34. The number of nitrogens with one attached hydrogen (secondary N) is 1. The Labute approximate surface area is 147 Å². The van der Waals surface area contributed by atoms with Crippen LogP contribution in [-0.2, 0) is 9.59 Å². The van der Waals surface area contributed by atoms with Crippen LogP contribution in [0, 0.1) is 0 Å². The second-order valence-electron chi connectivity index (χ2n) is 6.34. The average Bonchev–Trinajstić information content (AvgIpc) is 3.14. The molecule has 0 radical (unpaired) electrons. The molecule has 2 N–H and O–H groups in total. The zero-order valence-electron chi connectivity index (χ0n) is 14.4. The number of hydrogen-bond donors (Lipinski definition) is 2. The van der Waals surface area contributed by atoms with Crippen molar-refractivity contribution in [3.05, 3.63) is 24.2 Å². The molecule has 25 heavy (non-hydrogen) atoms. The number of nitrogens with zero attached hydrogens (tertiary/aromatic N) is 1. The molecule has 1 aliphatic heterocycles. The van der Waals surface area contributed by atoms with Gasteiger partial charge in [0.2, 0.25) is 5.91 Å². The van der Waals surface area contributed by atoms with Gasteiger partial charge in [-0.05, 0) is 44.2 Å². The first kappa shape index (κ1) is 19.0. The minimum Gasteiger partial charge on any atom is -0.481 e. The molecule has 1 unspecified atom stereocenters. The molecule has 0 aliphatic carbocycles. The van der Waals surface area contributed by atoms with Crippen LogP contribution < -0.4 is 5.32 Å². The van der Waals surface area contributed by atoms with E-state index >= 15 is 0 Å². The van der Waals surface area contributed by atoms with Gasteiger partial charge < -0.3 is 19.7 Å². The Hall–Kier alpha value is -2.31. The summed E-state index contributed by atoms with van der Waals surface area (Å²) in [5.41, 5.74) is 0. The molecular formula is C18H26N2O5. The summed E-state index contributed by atoms with van der Waals surface area (Å²) in [6.45, 7) is 1.11. The van der Waals surface area contributed by atoms with Gasteiger partial charge in [0.25, 0.3) is 5.91 Å². The zero-order chi connectivity index (χ0) is 18.1. The van der Waals surface area contributed by atoms with Crippen molar-refractivity contribution < 1.29 is 23.9 Å². The predicted molar refractivity (Wildman–Crippen MR) is 91.1 cm³/mol. The Morgan fingerprint density at radius 2 is 2.00 bits per heavy atom. The Balaban J connectivity index is 1.74. The van der Waals surface area contributed by atoms with E-state index in [2.05, 4.69) is 5.32 Å². The van der Waals surface area contributed by atoms with Gasteiger partial charge in [0.1, 0.15) is 6.04 Å². The molecule has 1 aromatic heterocycles. The van der Waals surface area contributed by atoms with E-state index in [0.717, 1.165) is 32.1 Å². The third-order valence-corrected chi connectivity index (χ3v) is 4.41. The molecule has 7 heteroatoms. The number of carboxylic acids is 1. The number of carbonyl (C=O) groups is 3. The monoisotopic (exact) mass is 350 g/mol. The molecule has 0 aromatic carbocycles. The SMILES string of the molecule is O=C(O)CCCCCCNC(=O)C1CCCCN1C(=O)c1ccco1. The highest BCUT2D eigenvalue weighted by Crippen LogP contribution is 2.20. The normalized spacial score (nSPS) is 17.3. The number of unbranched alkanes of at least 4 members (excludes halogenated alkanes) is 3. The van der Waals surface area contributed by atoms with Crippen LogP contribution in [0.5, 0.6) is 0 Å². The first-order valence-electron chi connectivity index (χ1n) is 8.93. The maximum absolute atomic E-state index is 12.5. The Morgan fingerprint density at radius 1 is 1.20 bits per heavy atom. The van der Waals surface area contributed by atoms with Crippen LogP contribution in [-0.4, -0.2) is 46.9 Å². The first-order valence-corrected chi connectivity index (χ1v) is 8.93. The second-order valence-corrected chi connectivity index (χ2v) is 6.34. The summed E-state index contributed by atoms with van der Waals surface area (Å²) in [6, 6.07) is 2.83. The molecule has 1 aliphatic rings. The summed E-state index contributed by atoms with van der Waals surface area (Å²) in [4.78, 5) is 37.0. The summed E-state index contributed by atoms with van der Waals surface area (Å²) in [5.74, 6) is -0.867. The van der Waals surface area contributed by atoms with E-state index in [9.17, 15) is 14.4 Å². The lowest BCUT2D eigenvalue weighted by Crippen LogP contribution is -2.52. The van der Waals surface area contributed by atoms with Crippen molar-refractivity contribution in [2.24, 2.45) is 0 Å². The fraction of sp³-hybridized carbons (Fsp3) is 0.611. The molecule has 0 bridgehead atoms. The number of rotatable bonds is 9. The van der Waals surface area contributed by atoms with Gasteiger partial charge in [-0.15, -0.1) is 0 Å². The lowest BCUT2D eigenvalue weighted by atomic mass is 10.0. The molecule has 0 saturated carbocycles. The van der Waals surface area contributed by atoms with Crippen molar-refractivity contribution in [2.75, 3.05) is 13.1 Å². The highest BCUT2D eigenvalue weighted by atomic mass is 16.4. The third-order valence-electron chi connectivity index (χ3n) is 4.41. The smallest absolute Gasteiger partial charge is 0.303 e. The standard InChI is InChI=1S/C18H26N2O5/c21-16(22)10-3-1-2-5-11-19-17(23)14-8-4-6-12-20(14)18(24)15-9-7-13-25-15/h7,9,13-14H,1-6,8,10-12H2,(H,19,23)(H,21,22). The van der Waals surface area contributed by atoms with Crippen molar-refractivity contribution in [3.8, 4) is 0 Å². The van der Waals surface area contributed by atoms with Crippen LogP contribution in [0.4, 0.5) is 0 Å². The van der Waals surface area contributed by atoms with Crippen molar-refractivity contribution >= 4 is 17.8 Å².